The minimum atomic E-state index is -0.723. The van der Waals surface area contributed by atoms with Crippen LogP contribution in [0.5, 0.6) is 5.88 Å². The van der Waals surface area contributed by atoms with Crippen molar-refractivity contribution >= 4 is 27.3 Å². The molecule has 0 amide bonds. The van der Waals surface area contributed by atoms with Gasteiger partial charge in [-0.3, -0.25) is 0 Å². The zero-order chi connectivity index (χ0) is 12.6. The van der Waals surface area contributed by atoms with Gasteiger partial charge in [0.05, 0.1) is 18.4 Å². The number of methoxy groups -OCH3 is 1. The number of aromatic nitrogens is 2. The molecule has 0 aliphatic rings. The molecule has 0 radical (unpaired) electrons. The third-order valence-electron chi connectivity index (χ3n) is 2.62. The number of hydrogen-bond acceptors (Lipinski definition) is 4. The van der Waals surface area contributed by atoms with Crippen LogP contribution in [0.1, 0.15) is 22.9 Å². The van der Waals surface area contributed by atoms with E-state index in [1.807, 2.05) is 17.7 Å². The minimum absolute atomic E-state index is 0.591. The molecule has 0 saturated carbocycles. The SMILES string of the molecule is COc1c(C(O)c2cscc2Br)c(C)nn1C. The molecule has 1 atom stereocenters. The Morgan fingerprint density at radius 1 is 1.53 bits per heavy atom. The van der Waals surface area contributed by atoms with E-state index in [4.69, 9.17) is 4.74 Å². The van der Waals surface area contributed by atoms with Crippen LogP contribution >= 0.6 is 27.3 Å². The number of nitrogens with zero attached hydrogens (tertiary/aromatic N) is 2. The van der Waals surface area contributed by atoms with E-state index in [9.17, 15) is 5.11 Å². The van der Waals surface area contributed by atoms with Gasteiger partial charge in [-0.1, -0.05) is 0 Å². The molecule has 17 heavy (non-hydrogen) atoms. The molecule has 6 heteroatoms. The highest BCUT2D eigenvalue weighted by molar-refractivity contribution is 9.10. The molecular weight excluding hydrogens is 304 g/mol. The molecule has 0 aliphatic heterocycles. The van der Waals surface area contributed by atoms with Crippen LogP contribution in [0.3, 0.4) is 0 Å². The van der Waals surface area contributed by atoms with Crippen LogP contribution in [0.2, 0.25) is 0 Å². The summed E-state index contributed by atoms with van der Waals surface area (Å²) in [7, 11) is 3.38. The van der Waals surface area contributed by atoms with Gasteiger partial charge in [-0.25, -0.2) is 4.68 Å². The quantitative estimate of drug-likeness (QED) is 0.947. The monoisotopic (exact) mass is 316 g/mol. The highest BCUT2D eigenvalue weighted by atomic mass is 79.9. The second-order valence-electron chi connectivity index (χ2n) is 3.71. The lowest BCUT2D eigenvalue weighted by Crippen LogP contribution is -2.03. The summed E-state index contributed by atoms with van der Waals surface area (Å²) in [5.74, 6) is 0.591. The van der Waals surface area contributed by atoms with E-state index >= 15 is 0 Å². The first-order valence-corrected chi connectivity index (χ1v) is 6.77. The minimum Gasteiger partial charge on any atom is -0.481 e. The fraction of sp³-hybridized carbons (Fsp3) is 0.364. The van der Waals surface area contributed by atoms with Gasteiger partial charge in [-0.2, -0.15) is 16.4 Å². The topological polar surface area (TPSA) is 47.3 Å². The number of halogens is 1. The zero-order valence-corrected chi connectivity index (χ0v) is 12.2. The first-order chi connectivity index (χ1) is 8.06. The predicted octanol–water partition coefficient (Wildman–Crippen LogP) is 2.64. The van der Waals surface area contributed by atoms with Crippen molar-refractivity contribution in [1.29, 1.82) is 0 Å². The van der Waals surface area contributed by atoms with Gasteiger partial charge in [0.2, 0.25) is 5.88 Å². The van der Waals surface area contributed by atoms with Gasteiger partial charge in [-0.15, -0.1) is 0 Å². The summed E-state index contributed by atoms with van der Waals surface area (Å²) < 4.78 is 7.82. The standard InChI is InChI=1S/C11H13BrN2O2S/c1-6-9(11(16-3)14(2)13-6)10(15)7-4-17-5-8(7)12/h4-5,10,15H,1-3H3. The number of aliphatic hydroxyl groups is 1. The van der Waals surface area contributed by atoms with Gasteiger partial charge >= 0.3 is 0 Å². The van der Waals surface area contributed by atoms with Crippen molar-refractivity contribution in [1.82, 2.24) is 9.78 Å². The summed E-state index contributed by atoms with van der Waals surface area (Å²) in [5.41, 5.74) is 2.33. The van der Waals surface area contributed by atoms with E-state index < -0.39 is 6.10 Å². The van der Waals surface area contributed by atoms with Crippen molar-refractivity contribution in [2.75, 3.05) is 7.11 Å². The zero-order valence-electron chi connectivity index (χ0n) is 9.77. The van der Waals surface area contributed by atoms with Crippen LogP contribution in [0, 0.1) is 6.92 Å². The average molecular weight is 317 g/mol. The maximum absolute atomic E-state index is 10.4. The molecule has 2 aromatic rings. The number of aliphatic hydroxyl groups excluding tert-OH is 1. The van der Waals surface area contributed by atoms with E-state index in [-0.39, 0.29) is 0 Å². The molecule has 2 heterocycles. The maximum atomic E-state index is 10.4. The fourth-order valence-corrected chi connectivity index (χ4v) is 3.38. The Bertz CT molecular complexity index is 536. The molecule has 4 nitrogen and oxygen atoms in total. The summed E-state index contributed by atoms with van der Waals surface area (Å²) >= 11 is 4.96. The van der Waals surface area contributed by atoms with Crippen molar-refractivity contribution in [2.45, 2.75) is 13.0 Å². The summed E-state index contributed by atoms with van der Waals surface area (Å²) in [5, 5.41) is 18.5. The van der Waals surface area contributed by atoms with Crippen LogP contribution < -0.4 is 4.74 Å². The van der Waals surface area contributed by atoms with Crippen LogP contribution in [0.15, 0.2) is 15.2 Å². The van der Waals surface area contributed by atoms with Gasteiger partial charge < -0.3 is 9.84 Å². The Kier molecular flexibility index (Phi) is 3.56. The Morgan fingerprint density at radius 2 is 2.24 bits per heavy atom. The molecule has 2 aromatic heterocycles. The van der Waals surface area contributed by atoms with Crippen LogP contribution in [0.25, 0.3) is 0 Å². The first kappa shape index (κ1) is 12.6. The largest absolute Gasteiger partial charge is 0.481 e. The maximum Gasteiger partial charge on any atom is 0.217 e. The van der Waals surface area contributed by atoms with Crippen molar-refractivity contribution < 1.29 is 9.84 Å². The number of hydrogen-bond donors (Lipinski definition) is 1. The Morgan fingerprint density at radius 3 is 2.76 bits per heavy atom. The van der Waals surface area contributed by atoms with Crippen molar-refractivity contribution in [3.8, 4) is 5.88 Å². The summed E-state index contributed by atoms with van der Waals surface area (Å²) in [6, 6.07) is 0. The normalized spacial score (nSPS) is 12.8. The first-order valence-electron chi connectivity index (χ1n) is 5.03. The molecule has 0 saturated heterocycles. The third kappa shape index (κ3) is 2.12. The molecule has 0 aliphatic carbocycles. The van der Waals surface area contributed by atoms with Gasteiger partial charge in [0, 0.05) is 22.5 Å². The molecule has 0 fully saturated rings. The van der Waals surface area contributed by atoms with E-state index in [1.165, 1.54) is 0 Å². The molecule has 0 spiro atoms. The van der Waals surface area contributed by atoms with E-state index in [0.29, 0.717) is 11.4 Å². The van der Waals surface area contributed by atoms with Crippen LogP contribution in [-0.4, -0.2) is 22.0 Å². The van der Waals surface area contributed by atoms with Crippen molar-refractivity contribution in [3.05, 3.63) is 32.1 Å². The second kappa shape index (κ2) is 4.80. The fourth-order valence-electron chi connectivity index (χ4n) is 1.85. The van der Waals surface area contributed by atoms with Gasteiger partial charge in [-0.05, 0) is 28.2 Å². The highest BCUT2D eigenvalue weighted by Crippen LogP contribution is 2.36. The molecule has 0 aromatic carbocycles. The predicted molar refractivity (Wildman–Crippen MR) is 70.6 cm³/mol. The molecule has 92 valence electrons. The van der Waals surface area contributed by atoms with Gasteiger partial charge in [0.1, 0.15) is 6.10 Å². The second-order valence-corrected chi connectivity index (χ2v) is 5.31. The summed E-state index contributed by atoms with van der Waals surface area (Å²) in [6.45, 7) is 1.86. The lowest BCUT2D eigenvalue weighted by atomic mass is 10.1. The number of thiophene rings is 1. The highest BCUT2D eigenvalue weighted by Gasteiger charge is 2.24. The van der Waals surface area contributed by atoms with E-state index in [0.717, 1.165) is 15.7 Å². The van der Waals surface area contributed by atoms with Gasteiger partial charge in [0.25, 0.3) is 0 Å². The van der Waals surface area contributed by atoms with Crippen LogP contribution in [-0.2, 0) is 7.05 Å². The smallest absolute Gasteiger partial charge is 0.217 e. The molecule has 0 bridgehead atoms. The Labute approximate surface area is 112 Å². The Balaban J connectivity index is 2.50. The van der Waals surface area contributed by atoms with Crippen LogP contribution in [0.4, 0.5) is 0 Å². The lowest BCUT2D eigenvalue weighted by molar-refractivity contribution is 0.212. The Hall–Kier alpha value is -0.850. The van der Waals surface area contributed by atoms with Crippen molar-refractivity contribution in [3.63, 3.8) is 0 Å². The number of rotatable bonds is 3. The molecule has 1 N–H and O–H groups in total. The summed E-state index contributed by atoms with van der Waals surface area (Å²) in [6.07, 6.45) is -0.723. The lowest BCUT2D eigenvalue weighted by Gasteiger charge is -2.11. The molecule has 1 unspecified atom stereocenters. The van der Waals surface area contributed by atoms with Gasteiger partial charge in [0.15, 0.2) is 0 Å². The van der Waals surface area contributed by atoms with Crippen molar-refractivity contribution in [2.24, 2.45) is 7.05 Å². The average Bonchev–Trinajstić information content (AvgIpc) is 2.81. The number of ether oxygens (including phenoxy) is 1. The number of aryl methyl sites for hydroxylation is 2. The molecule has 2 rings (SSSR count). The summed E-state index contributed by atoms with van der Waals surface area (Å²) in [4.78, 5) is 0. The van der Waals surface area contributed by atoms with E-state index in [2.05, 4.69) is 21.0 Å². The molecular formula is C11H13BrN2O2S. The van der Waals surface area contributed by atoms with E-state index in [1.54, 1.807) is 30.2 Å². The third-order valence-corrected chi connectivity index (χ3v) is 4.37.